The normalized spacial score (nSPS) is 20.0. The van der Waals surface area contributed by atoms with Crippen molar-refractivity contribution in [2.45, 2.75) is 25.4 Å². The lowest BCUT2D eigenvalue weighted by Crippen LogP contribution is -2.36. The van der Waals surface area contributed by atoms with Gasteiger partial charge in [0.2, 0.25) is 0 Å². The first-order chi connectivity index (χ1) is 10.9. The highest BCUT2D eigenvalue weighted by molar-refractivity contribution is 7.91. The van der Waals surface area contributed by atoms with Crippen molar-refractivity contribution in [1.29, 1.82) is 0 Å². The molecule has 1 atom stereocenters. The predicted molar refractivity (Wildman–Crippen MR) is 87.1 cm³/mol. The molecule has 1 aromatic carbocycles. The summed E-state index contributed by atoms with van der Waals surface area (Å²) in [5, 5.41) is 10.7. The summed E-state index contributed by atoms with van der Waals surface area (Å²) in [4.78, 5) is 12.4. The second kappa shape index (κ2) is 7.85. The first-order valence-electron chi connectivity index (χ1n) is 7.58. The van der Waals surface area contributed by atoms with Crippen molar-refractivity contribution in [3.05, 3.63) is 39.9 Å². The van der Waals surface area contributed by atoms with Crippen molar-refractivity contribution in [3.8, 4) is 0 Å². The molecule has 0 spiro atoms. The fourth-order valence-corrected chi connectivity index (χ4v) is 4.59. The van der Waals surface area contributed by atoms with Crippen LogP contribution in [0.3, 0.4) is 0 Å². The third kappa shape index (κ3) is 5.26. The number of ether oxygens (including phenoxy) is 1. The number of hydrogen-bond donors (Lipinski definition) is 0. The molecule has 1 aliphatic heterocycles. The standard InChI is InChI=1S/C15H22N2O5S/c1-22-9-2-8-16(15-7-10-23(20,21)12-15)11-13-3-5-14(6-4-13)17(18)19/h3-6,15H,2,7-12H2,1H3/t15-/m1/s1. The van der Waals surface area contributed by atoms with Crippen molar-refractivity contribution in [1.82, 2.24) is 4.90 Å². The molecular formula is C15H22N2O5S. The number of nitro groups is 1. The van der Waals surface area contributed by atoms with E-state index in [1.54, 1.807) is 19.2 Å². The summed E-state index contributed by atoms with van der Waals surface area (Å²) in [5.74, 6) is 0.422. The van der Waals surface area contributed by atoms with Gasteiger partial charge in [0.15, 0.2) is 9.84 Å². The molecule has 0 unspecified atom stereocenters. The molecular weight excluding hydrogens is 320 g/mol. The number of methoxy groups -OCH3 is 1. The van der Waals surface area contributed by atoms with Crippen LogP contribution in [0.2, 0.25) is 0 Å². The van der Waals surface area contributed by atoms with Crippen molar-refractivity contribution in [3.63, 3.8) is 0 Å². The van der Waals surface area contributed by atoms with E-state index < -0.39 is 14.8 Å². The number of benzene rings is 1. The fraction of sp³-hybridized carbons (Fsp3) is 0.600. The number of rotatable bonds is 8. The highest BCUT2D eigenvalue weighted by atomic mass is 32.2. The Morgan fingerprint density at radius 2 is 2.04 bits per heavy atom. The molecule has 1 saturated heterocycles. The SMILES string of the molecule is COCCCN(Cc1ccc([N+](=O)[O-])cc1)[C@@H]1CCS(=O)(=O)C1. The molecule has 0 aromatic heterocycles. The van der Waals surface area contributed by atoms with Gasteiger partial charge in [0.25, 0.3) is 5.69 Å². The van der Waals surface area contributed by atoms with E-state index in [-0.39, 0.29) is 23.2 Å². The van der Waals surface area contributed by atoms with Crippen molar-refractivity contribution in [2.75, 3.05) is 31.8 Å². The zero-order valence-electron chi connectivity index (χ0n) is 13.2. The first kappa shape index (κ1) is 17.8. The summed E-state index contributed by atoms with van der Waals surface area (Å²) < 4.78 is 28.5. The maximum Gasteiger partial charge on any atom is 0.269 e. The summed E-state index contributed by atoms with van der Waals surface area (Å²) in [5.41, 5.74) is 1.00. The maximum atomic E-state index is 11.7. The molecule has 128 valence electrons. The average Bonchev–Trinajstić information content (AvgIpc) is 2.87. The van der Waals surface area contributed by atoms with E-state index in [4.69, 9.17) is 4.74 Å². The third-order valence-electron chi connectivity index (χ3n) is 4.05. The van der Waals surface area contributed by atoms with Crippen LogP contribution in [0.15, 0.2) is 24.3 Å². The fourth-order valence-electron chi connectivity index (χ4n) is 2.82. The van der Waals surface area contributed by atoms with Crippen LogP contribution in [0.5, 0.6) is 0 Å². The van der Waals surface area contributed by atoms with E-state index >= 15 is 0 Å². The molecule has 1 heterocycles. The van der Waals surface area contributed by atoms with Crippen molar-refractivity contribution in [2.24, 2.45) is 0 Å². The molecule has 7 nitrogen and oxygen atoms in total. The molecule has 0 aliphatic carbocycles. The molecule has 23 heavy (non-hydrogen) atoms. The van der Waals surface area contributed by atoms with E-state index in [1.807, 2.05) is 0 Å². The number of sulfone groups is 1. The van der Waals surface area contributed by atoms with Crippen molar-refractivity contribution >= 4 is 15.5 Å². The van der Waals surface area contributed by atoms with Crippen LogP contribution in [-0.2, 0) is 21.1 Å². The first-order valence-corrected chi connectivity index (χ1v) is 9.40. The van der Waals surface area contributed by atoms with Crippen molar-refractivity contribution < 1.29 is 18.1 Å². The van der Waals surface area contributed by atoms with Gasteiger partial charge in [-0.1, -0.05) is 12.1 Å². The van der Waals surface area contributed by atoms with Crippen LogP contribution in [0.4, 0.5) is 5.69 Å². The lowest BCUT2D eigenvalue weighted by atomic mass is 10.1. The van der Waals surface area contributed by atoms with Gasteiger partial charge in [-0.2, -0.15) is 0 Å². The Morgan fingerprint density at radius 1 is 1.35 bits per heavy atom. The smallest absolute Gasteiger partial charge is 0.269 e. The molecule has 0 N–H and O–H groups in total. The van der Waals surface area contributed by atoms with E-state index in [0.29, 0.717) is 19.6 Å². The molecule has 1 aromatic rings. The zero-order chi connectivity index (χ0) is 16.9. The largest absolute Gasteiger partial charge is 0.385 e. The Morgan fingerprint density at radius 3 is 2.57 bits per heavy atom. The maximum absolute atomic E-state index is 11.7. The lowest BCUT2D eigenvalue weighted by molar-refractivity contribution is -0.384. The number of nitrogens with zero attached hydrogens (tertiary/aromatic N) is 2. The lowest BCUT2D eigenvalue weighted by Gasteiger charge is -2.28. The molecule has 0 bridgehead atoms. The Balaban J connectivity index is 2.05. The van der Waals surface area contributed by atoms with Crippen LogP contribution in [0, 0.1) is 10.1 Å². The summed E-state index contributed by atoms with van der Waals surface area (Å²) >= 11 is 0. The van der Waals surface area contributed by atoms with Crippen LogP contribution >= 0.6 is 0 Å². The minimum Gasteiger partial charge on any atom is -0.385 e. The summed E-state index contributed by atoms with van der Waals surface area (Å²) in [6.07, 6.45) is 1.46. The molecule has 8 heteroatoms. The minimum absolute atomic E-state index is 0.00653. The highest BCUT2D eigenvalue weighted by Crippen LogP contribution is 2.21. The van der Waals surface area contributed by atoms with Crippen LogP contribution < -0.4 is 0 Å². The van der Waals surface area contributed by atoms with E-state index in [9.17, 15) is 18.5 Å². The predicted octanol–water partition coefficient (Wildman–Crippen LogP) is 1.62. The Bertz CT molecular complexity index is 630. The van der Waals surface area contributed by atoms with Gasteiger partial charge in [0, 0.05) is 45.0 Å². The Labute approximate surface area is 136 Å². The van der Waals surface area contributed by atoms with Gasteiger partial charge in [0.05, 0.1) is 16.4 Å². The topological polar surface area (TPSA) is 89.8 Å². The molecule has 2 rings (SSSR count). The number of non-ortho nitro benzene ring substituents is 1. The van der Waals surface area contributed by atoms with Crippen LogP contribution in [0.1, 0.15) is 18.4 Å². The second-order valence-corrected chi connectivity index (χ2v) is 8.03. The summed E-state index contributed by atoms with van der Waals surface area (Å²) in [7, 11) is -1.30. The average molecular weight is 342 g/mol. The number of hydrogen-bond acceptors (Lipinski definition) is 6. The molecule has 0 amide bonds. The second-order valence-electron chi connectivity index (χ2n) is 5.80. The third-order valence-corrected chi connectivity index (χ3v) is 5.80. The number of nitro benzene ring substituents is 1. The summed E-state index contributed by atoms with van der Waals surface area (Å²) in [6.45, 7) is 1.95. The van der Waals surface area contributed by atoms with Gasteiger partial charge in [0.1, 0.15) is 0 Å². The Kier molecular flexibility index (Phi) is 6.09. The monoisotopic (exact) mass is 342 g/mol. The Hall–Kier alpha value is -1.51. The highest BCUT2D eigenvalue weighted by Gasteiger charge is 2.32. The molecule has 0 radical (unpaired) electrons. The molecule has 1 fully saturated rings. The van der Waals surface area contributed by atoms with Gasteiger partial charge < -0.3 is 4.74 Å². The van der Waals surface area contributed by atoms with E-state index in [2.05, 4.69) is 4.90 Å². The van der Waals surface area contributed by atoms with Gasteiger partial charge in [-0.25, -0.2) is 8.42 Å². The van der Waals surface area contributed by atoms with Gasteiger partial charge in [-0.15, -0.1) is 0 Å². The van der Waals surface area contributed by atoms with Crippen LogP contribution in [0.25, 0.3) is 0 Å². The van der Waals surface area contributed by atoms with E-state index in [1.165, 1.54) is 12.1 Å². The quantitative estimate of drug-likeness (QED) is 0.405. The zero-order valence-corrected chi connectivity index (χ0v) is 14.0. The van der Waals surface area contributed by atoms with E-state index in [0.717, 1.165) is 18.5 Å². The summed E-state index contributed by atoms with van der Waals surface area (Å²) in [6, 6.07) is 6.42. The molecule has 1 aliphatic rings. The van der Waals surface area contributed by atoms with Crippen LogP contribution in [-0.4, -0.2) is 56.1 Å². The van der Waals surface area contributed by atoms with Gasteiger partial charge in [-0.3, -0.25) is 15.0 Å². The van der Waals surface area contributed by atoms with Gasteiger partial charge >= 0.3 is 0 Å². The molecule has 0 saturated carbocycles. The van der Waals surface area contributed by atoms with Gasteiger partial charge in [-0.05, 0) is 18.4 Å². The minimum atomic E-state index is -2.94.